The van der Waals surface area contributed by atoms with E-state index in [-0.39, 0.29) is 0 Å². The van der Waals surface area contributed by atoms with Gasteiger partial charge in [-0.1, -0.05) is 115 Å². The van der Waals surface area contributed by atoms with Crippen LogP contribution in [0.3, 0.4) is 0 Å². The van der Waals surface area contributed by atoms with E-state index in [0.29, 0.717) is 0 Å². The van der Waals surface area contributed by atoms with Gasteiger partial charge < -0.3 is 9.80 Å². The Labute approximate surface area is 289 Å². The summed E-state index contributed by atoms with van der Waals surface area (Å²) < 4.78 is 0. The van der Waals surface area contributed by atoms with Crippen LogP contribution >= 0.6 is 23.1 Å². The molecule has 0 spiro atoms. The molecule has 0 N–H and O–H groups in total. The van der Waals surface area contributed by atoms with Gasteiger partial charge in [0.2, 0.25) is 0 Å². The molecule has 2 heterocycles. The van der Waals surface area contributed by atoms with Crippen molar-refractivity contribution in [3.8, 4) is 21.6 Å². The molecule has 8 aromatic rings. The fraction of sp³-hybridized carbons (Fsp3) is 0. The average Bonchev–Trinajstić information content (AvgIpc) is 3.63. The standard InChI is InChI=1S/C44H30N2S2/c1-5-14-31(15-6-1)45(32-16-7-2-8-17-32)35-24-25-37-39-27-26-36(38-22-13-23-41(44(38)39)47-42(37)30-35)40-28-29-43(48-40)46(33-18-9-3-10-19-33)34-20-11-4-12-21-34/h1-30H. The second kappa shape index (κ2) is 12.2. The summed E-state index contributed by atoms with van der Waals surface area (Å²) in [5.41, 5.74) is 9.59. The quantitative estimate of drug-likeness (QED) is 0.169. The molecular formula is C44H30N2S2. The third-order valence-electron chi connectivity index (χ3n) is 8.87. The molecule has 228 valence electrons. The van der Waals surface area contributed by atoms with Gasteiger partial charge in [0.05, 0.1) is 0 Å². The van der Waals surface area contributed by atoms with E-state index in [2.05, 4.69) is 192 Å². The lowest BCUT2D eigenvalue weighted by atomic mass is 9.93. The maximum Gasteiger partial charge on any atom is 0.101 e. The van der Waals surface area contributed by atoms with E-state index >= 15 is 0 Å². The largest absolute Gasteiger partial charge is 0.310 e. The molecular weight excluding hydrogens is 621 g/mol. The average molecular weight is 651 g/mol. The number of rotatable bonds is 7. The Balaban J connectivity index is 1.13. The van der Waals surface area contributed by atoms with Crippen LogP contribution in [0, 0.1) is 0 Å². The lowest BCUT2D eigenvalue weighted by Gasteiger charge is -2.28. The Morgan fingerprint density at radius 3 is 1.50 bits per heavy atom. The summed E-state index contributed by atoms with van der Waals surface area (Å²) in [4.78, 5) is 8.52. The SMILES string of the molecule is c1ccc(N(c2ccccc2)c2ccc3c(c2)Sc2cccc4c(-c5ccc(N(c6ccccc6)c6ccccc6)s5)ccc-3c24)cc1. The molecule has 0 aliphatic carbocycles. The van der Waals surface area contributed by atoms with Crippen molar-refractivity contribution in [2.24, 2.45) is 0 Å². The molecule has 0 saturated heterocycles. The van der Waals surface area contributed by atoms with Gasteiger partial charge in [0.15, 0.2) is 0 Å². The van der Waals surface area contributed by atoms with Gasteiger partial charge in [-0.2, -0.15) is 0 Å². The van der Waals surface area contributed by atoms with Crippen molar-refractivity contribution in [2.45, 2.75) is 9.79 Å². The Morgan fingerprint density at radius 1 is 0.354 bits per heavy atom. The highest BCUT2D eigenvalue weighted by atomic mass is 32.2. The first-order chi connectivity index (χ1) is 23.8. The molecule has 1 aliphatic heterocycles. The molecule has 1 aromatic heterocycles. The third-order valence-corrected chi connectivity index (χ3v) is 11.1. The highest BCUT2D eigenvalue weighted by Crippen LogP contribution is 2.52. The highest BCUT2D eigenvalue weighted by molar-refractivity contribution is 7.99. The molecule has 2 nitrogen and oxygen atoms in total. The Bertz CT molecular complexity index is 2290. The van der Waals surface area contributed by atoms with E-state index in [1.54, 1.807) is 0 Å². The van der Waals surface area contributed by atoms with Crippen molar-refractivity contribution in [1.82, 2.24) is 0 Å². The number of hydrogen-bond acceptors (Lipinski definition) is 4. The van der Waals surface area contributed by atoms with E-state index in [9.17, 15) is 0 Å². The van der Waals surface area contributed by atoms with Gasteiger partial charge in [-0.25, -0.2) is 0 Å². The first-order valence-electron chi connectivity index (χ1n) is 16.1. The van der Waals surface area contributed by atoms with Gasteiger partial charge in [-0.15, -0.1) is 11.3 Å². The van der Waals surface area contributed by atoms with Crippen LogP contribution in [0.25, 0.3) is 32.3 Å². The van der Waals surface area contributed by atoms with Gasteiger partial charge in [0.1, 0.15) is 5.00 Å². The number of benzene rings is 7. The van der Waals surface area contributed by atoms with Crippen LogP contribution in [-0.2, 0) is 0 Å². The van der Waals surface area contributed by atoms with Gasteiger partial charge in [0.25, 0.3) is 0 Å². The minimum atomic E-state index is 1.14. The predicted molar refractivity (Wildman–Crippen MR) is 206 cm³/mol. The van der Waals surface area contributed by atoms with Crippen LogP contribution in [0.2, 0.25) is 0 Å². The number of para-hydroxylation sites is 4. The number of fused-ring (bicyclic) bond motifs is 2. The smallest absolute Gasteiger partial charge is 0.101 e. The predicted octanol–water partition coefficient (Wildman–Crippen LogP) is 13.6. The molecule has 7 aromatic carbocycles. The molecule has 9 rings (SSSR count). The normalized spacial score (nSPS) is 11.7. The van der Waals surface area contributed by atoms with Crippen LogP contribution in [-0.4, -0.2) is 0 Å². The van der Waals surface area contributed by atoms with Crippen molar-refractivity contribution in [3.63, 3.8) is 0 Å². The zero-order valence-electron chi connectivity index (χ0n) is 26.0. The van der Waals surface area contributed by atoms with Crippen molar-refractivity contribution in [3.05, 3.63) is 182 Å². The zero-order chi connectivity index (χ0) is 31.9. The maximum absolute atomic E-state index is 2.35. The number of hydrogen-bond donors (Lipinski definition) is 0. The molecule has 0 radical (unpaired) electrons. The summed E-state index contributed by atoms with van der Waals surface area (Å²) in [6.45, 7) is 0. The highest BCUT2D eigenvalue weighted by Gasteiger charge is 2.24. The lowest BCUT2D eigenvalue weighted by Crippen LogP contribution is -2.10. The van der Waals surface area contributed by atoms with E-state index < -0.39 is 0 Å². The molecule has 48 heavy (non-hydrogen) atoms. The van der Waals surface area contributed by atoms with Crippen LogP contribution in [0.5, 0.6) is 0 Å². The third kappa shape index (κ3) is 5.07. The van der Waals surface area contributed by atoms with Crippen molar-refractivity contribution in [2.75, 3.05) is 9.80 Å². The molecule has 0 bridgehead atoms. The lowest BCUT2D eigenvalue weighted by molar-refractivity contribution is 1.26. The van der Waals surface area contributed by atoms with Crippen LogP contribution in [0.15, 0.2) is 192 Å². The fourth-order valence-corrected chi connectivity index (χ4v) is 8.99. The molecule has 1 aliphatic rings. The molecule has 0 amide bonds. The second-order valence-electron chi connectivity index (χ2n) is 11.8. The van der Waals surface area contributed by atoms with Crippen molar-refractivity contribution >= 4 is 67.3 Å². The number of anilines is 6. The summed E-state index contributed by atoms with van der Waals surface area (Å²) >= 11 is 3.71. The van der Waals surface area contributed by atoms with Crippen molar-refractivity contribution in [1.29, 1.82) is 0 Å². The van der Waals surface area contributed by atoms with E-state index in [0.717, 1.165) is 28.4 Å². The Morgan fingerprint density at radius 2 is 0.896 bits per heavy atom. The van der Waals surface area contributed by atoms with Crippen LogP contribution in [0.1, 0.15) is 0 Å². The summed E-state index contributed by atoms with van der Waals surface area (Å²) in [5, 5.41) is 3.82. The Hall–Kier alpha value is -5.55. The maximum atomic E-state index is 2.35. The fourth-order valence-electron chi connectivity index (χ4n) is 6.72. The summed E-state index contributed by atoms with van der Waals surface area (Å²) in [5.74, 6) is 0. The van der Waals surface area contributed by atoms with Crippen LogP contribution < -0.4 is 9.80 Å². The molecule has 4 heteroatoms. The van der Waals surface area contributed by atoms with Gasteiger partial charge in [-0.05, 0) is 101 Å². The van der Waals surface area contributed by atoms with Gasteiger partial charge in [-0.3, -0.25) is 0 Å². The summed E-state index contributed by atoms with van der Waals surface area (Å²) in [6, 6.07) is 65.4. The van der Waals surface area contributed by atoms with E-state index in [1.807, 2.05) is 23.1 Å². The summed E-state index contributed by atoms with van der Waals surface area (Å²) in [6.07, 6.45) is 0. The first kappa shape index (κ1) is 28.7. The number of nitrogens with zero attached hydrogens (tertiary/aromatic N) is 2. The van der Waals surface area contributed by atoms with Crippen molar-refractivity contribution < 1.29 is 0 Å². The molecule has 0 saturated carbocycles. The van der Waals surface area contributed by atoms with Gasteiger partial charge in [0, 0.05) is 48.5 Å². The minimum Gasteiger partial charge on any atom is -0.310 e. The number of thiophene rings is 1. The minimum absolute atomic E-state index is 1.14. The topological polar surface area (TPSA) is 6.48 Å². The van der Waals surface area contributed by atoms with Gasteiger partial charge >= 0.3 is 0 Å². The summed E-state index contributed by atoms with van der Waals surface area (Å²) in [7, 11) is 0. The van der Waals surface area contributed by atoms with Crippen LogP contribution in [0.4, 0.5) is 33.4 Å². The molecule has 0 atom stereocenters. The monoisotopic (exact) mass is 650 g/mol. The van der Waals surface area contributed by atoms with E-state index in [4.69, 9.17) is 0 Å². The zero-order valence-corrected chi connectivity index (χ0v) is 27.7. The Kier molecular flexibility index (Phi) is 7.30. The first-order valence-corrected chi connectivity index (χ1v) is 17.7. The molecule has 0 unspecified atom stereocenters. The second-order valence-corrected chi connectivity index (χ2v) is 13.9. The molecule has 0 fully saturated rings. The van der Waals surface area contributed by atoms with E-state index in [1.165, 1.54) is 47.1 Å².